The highest BCUT2D eigenvalue weighted by Crippen LogP contribution is 2.11. The van der Waals surface area contributed by atoms with Crippen LogP contribution >= 0.6 is 0 Å². The van der Waals surface area contributed by atoms with Crippen LogP contribution in [0.2, 0.25) is 0 Å². The lowest BCUT2D eigenvalue weighted by Crippen LogP contribution is -2.15. The highest BCUT2D eigenvalue weighted by Gasteiger charge is 2.13. The third-order valence-corrected chi connectivity index (χ3v) is 4.14. The van der Waals surface area contributed by atoms with Gasteiger partial charge in [-0.25, -0.2) is 8.42 Å². The Kier molecular flexibility index (Phi) is 6.39. The highest BCUT2D eigenvalue weighted by molar-refractivity contribution is 7.91. The summed E-state index contributed by atoms with van der Waals surface area (Å²) in [4.78, 5) is 0. The van der Waals surface area contributed by atoms with E-state index in [0.29, 0.717) is 0 Å². The van der Waals surface area contributed by atoms with Crippen molar-refractivity contribution in [3.05, 3.63) is 0 Å². The van der Waals surface area contributed by atoms with Crippen LogP contribution in [0.25, 0.3) is 0 Å². The van der Waals surface area contributed by atoms with Gasteiger partial charge >= 0.3 is 0 Å². The van der Waals surface area contributed by atoms with Crippen LogP contribution in [-0.2, 0) is 9.84 Å². The van der Waals surface area contributed by atoms with Crippen LogP contribution in [0.4, 0.5) is 0 Å². The Labute approximate surface area is 82.6 Å². The molecule has 2 nitrogen and oxygen atoms in total. The molecule has 0 fully saturated rings. The van der Waals surface area contributed by atoms with E-state index in [4.69, 9.17) is 0 Å². The zero-order valence-electron chi connectivity index (χ0n) is 9.04. The number of rotatable bonds is 7. The first-order valence-corrected chi connectivity index (χ1v) is 7.12. The monoisotopic (exact) mass is 206 g/mol. The molecule has 13 heavy (non-hydrogen) atoms. The molecule has 0 spiro atoms. The molecule has 0 saturated carbocycles. The van der Waals surface area contributed by atoms with E-state index < -0.39 is 9.84 Å². The zero-order chi connectivity index (χ0) is 10.3. The number of sulfone groups is 1. The van der Waals surface area contributed by atoms with Crippen molar-refractivity contribution >= 4 is 9.84 Å². The van der Waals surface area contributed by atoms with E-state index in [9.17, 15) is 8.42 Å². The van der Waals surface area contributed by atoms with Gasteiger partial charge in [0, 0.05) is 6.26 Å². The van der Waals surface area contributed by atoms with E-state index in [0.717, 1.165) is 12.8 Å². The van der Waals surface area contributed by atoms with Crippen molar-refractivity contribution in [3.8, 4) is 0 Å². The maximum atomic E-state index is 11.1. The first-order chi connectivity index (χ1) is 5.98. The van der Waals surface area contributed by atoms with Gasteiger partial charge in [0.25, 0.3) is 0 Å². The Morgan fingerprint density at radius 3 is 2.08 bits per heavy atom. The summed E-state index contributed by atoms with van der Waals surface area (Å²) in [5.41, 5.74) is 0. The molecular weight excluding hydrogens is 184 g/mol. The van der Waals surface area contributed by atoms with E-state index in [-0.39, 0.29) is 5.25 Å². The summed E-state index contributed by atoms with van der Waals surface area (Å²) >= 11 is 0. The fourth-order valence-electron chi connectivity index (χ4n) is 1.25. The molecule has 0 radical (unpaired) electrons. The molecule has 0 amide bonds. The van der Waals surface area contributed by atoms with Crippen molar-refractivity contribution in [2.45, 2.75) is 57.6 Å². The van der Waals surface area contributed by atoms with Gasteiger partial charge in [-0.2, -0.15) is 0 Å². The topological polar surface area (TPSA) is 34.1 Å². The molecule has 0 aromatic rings. The third kappa shape index (κ3) is 7.05. The van der Waals surface area contributed by atoms with E-state index in [1.165, 1.54) is 31.9 Å². The van der Waals surface area contributed by atoms with Crippen molar-refractivity contribution < 1.29 is 8.42 Å². The predicted molar refractivity (Wildman–Crippen MR) is 57.7 cm³/mol. The van der Waals surface area contributed by atoms with Crippen molar-refractivity contribution in [1.82, 2.24) is 0 Å². The first kappa shape index (κ1) is 12.9. The van der Waals surface area contributed by atoms with Crippen molar-refractivity contribution in [2.75, 3.05) is 6.26 Å². The largest absolute Gasteiger partial charge is 0.229 e. The summed E-state index contributed by atoms with van der Waals surface area (Å²) in [5, 5.41) is -0.158. The van der Waals surface area contributed by atoms with Gasteiger partial charge in [0.2, 0.25) is 0 Å². The fourth-order valence-corrected chi connectivity index (χ4v) is 1.84. The van der Waals surface area contributed by atoms with Gasteiger partial charge < -0.3 is 0 Å². The molecule has 0 aliphatic carbocycles. The smallest absolute Gasteiger partial charge is 0.150 e. The summed E-state index contributed by atoms with van der Waals surface area (Å²) in [7, 11) is -2.80. The molecule has 80 valence electrons. The standard InChI is InChI=1S/C10H22O2S/c1-4-5-6-7-8-9-10(2)13(3,11)12/h10H,4-9H2,1-3H3/t10-/m0/s1. The Bertz CT molecular complexity index is 207. The second-order valence-corrected chi connectivity index (χ2v) is 6.31. The molecule has 0 aromatic carbocycles. The van der Waals surface area contributed by atoms with Crippen molar-refractivity contribution in [3.63, 3.8) is 0 Å². The Hall–Kier alpha value is -0.0500. The number of unbranched alkanes of at least 4 members (excludes halogenated alkanes) is 4. The molecule has 0 rings (SSSR count). The molecule has 0 heterocycles. The minimum atomic E-state index is -2.80. The van der Waals surface area contributed by atoms with E-state index >= 15 is 0 Å². The average molecular weight is 206 g/mol. The zero-order valence-corrected chi connectivity index (χ0v) is 9.86. The van der Waals surface area contributed by atoms with Crippen LogP contribution in [-0.4, -0.2) is 19.9 Å². The van der Waals surface area contributed by atoms with Gasteiger partial charge in [-0.15, -0.1) is 0 Å². The molecular formula is C10H22O2S. The van der Waals surface area contributed by atoms with Gasteiger partial charge in [-0.3, -0.25) is 0 Å². The van der Waals surface area contributed by atoms with Crippen molar-refractivity contribution in [2.24, 2.45) is 0 Å². The minimum Gasteiger partial charge on any atom is -0.229 e. The van der Waals surface area contributed by atoms with Gasteiger partial charge in [-0.05, 0) is 13.3 Å². The Morgan fingerprint density at radius 2 is 1.62 bits per heavy atom. The predicted octanol–water partition coefficient (Wildman–Crippen LogP) is 2.78. The van der Waals surface area contributed by atoms with Crippen LogP contribution in [0.5, 0.6) is 0 Å². The molecule has 0 aliphatic rings. The van der Waals surface area contributed by atoms with Gasteiger partial charge in [0.15, 0.2) is 0 Å². The fraction of sp³-hybridized carbons (Fsp3) is 1.00. The van der Waals surface area contributed by atoms with Crippen LogP contribution in [0.1, 0.15) is 52.4 Å². The Balaban J connectivity index is 3.44. The van der Waals surface area contributed by atoms with Crippen LogP contribution in [0.3, 0.4) is 0 Å². The lowest BCUT2D eigenvalue weighted by atomic mass is 10.1. The van der Waals surface area contributed by atoms with Gasteiger partial charge in [-0.1, -0.05) is 39.0 Å². The number of hydrogen-bond acceptors (Lipinski definition) is 2. The average Bonchev–Trinajstić information content (AvgIpc) is 2.02. The summed E-state index contributed by atoms with van der Waals surface area (Å²) in [6.07, 6.45) is 8.12. The van der Waals surface area contributed by atoms with Crippen LogP contribution < -0.4 is 0 Å². The van der Waals surface area contributed by atoms with E-state index in [1.54, 1.807) is 6.92 Å². The van der Waals surface area contributed by atoms with E-state index in [1.807, 2.05) is 0 Å². The molecule has 0 aliphatic heterocycles. The first-order valence-electron chi connectivity index (χ1n) is 5.17. The number of hydrogen-bond donors (Lipinski definition) is 0. The Morgan fingerprint density at radius 1 is 1.08 bits per heavy atom. The molecule has 0 aromatic heterocycles. The third-order valence-electron chi connectivity index (χ3n) is 2.45. The quantitative estimate of drug-likeness (QED) is 0.600. The molecule has 0 saturated heterocycles. The summed E-state index contributed by atoms with van der Waals surface area (Å²) < 4.78 is 22.1. The summed E-state index contributed by atoms with van der Waals surface area (Å²) in [6, 6.07) is 0. The SMILES string of the molecule is CCCCCCC[C@H](C)S(C)(=O)=O. The molecule has 0 bridgehead atoms. The molecule has 1 atom stereocenters. The minimum absolute atomic E-state index is 0.158. The van der Waals surface area contributed by atoms with Gasteiger partial charge in [0.05, 0.1) is 5.25 Å². The lowest BCUT2D eigenvalue weighted by molar-refractivity contribution is 0.563. The second kappa shape index (κ2) is 6.41. The normalized spacial score (nSPS) is 14.4. The van der Waals surface area contributed by atoms with Gasteiger partial charge in [0.1, 0.15) is 9.84 Å². The molecule has 0 unspecified atom stereocenters. The lowest BCUT2D eigenvalue weighted by Gasteiger charge is -2.08. The summed E-state index contributed by atoms with van der Waals surface area (Å²) in [5.74, 6) is 0. The molecule has 3 heteroatoms. The van der Waals surface area contributed by atoms with Crippen LogP contribution in [0.15, 0.2) is 0 Å². The van der Waals surface area contributed by atoms with Crippen molar-refractivity contribution in [1.29, 1.82) is 0 Å². The maximum absolute atomic E-state index is 11.1. The maximum Gasteiger partial charge on any atom is 0.150 e. The van der Waals surface area contributed by atoms with Crippen LogP contribution in [0, 0.1) is 0 Å². The second-order valence-electron chi connectivity index (χ2n) is 3.84. The molecule has 0 N–H and O–H groups in total. The van der Waals surface area contributed by atoms with E-state index in [2.05, 4.69) is 6.92 Å². The summed E-state index contributed by atoms with van der Waals surface area (Å²) in [6.45, 7) is 3.98. The highest BCUT2D eigenvalue weighted by atomic mass is 32.2.